The molecule has 1 saturated heterocycles. The van der Waals surface area contributed by atoms with Crippen LogP contribution in [0.25, 0.3) is 0 Å². The van der Waals surface area contributed by atoms with Gasteiger partial charge in [-0.15, -0.1) is 0 Å². The van der Waals surface area contributed by atoms with Crippen molar-refractivity contribution in [1.82, 2.24) is 4.90 Å². The number of aliphatic hydroxyl groups excluding tert-OH is 1. The number of likely N-dealkylation sites (tertiary alicyclic amines) is 1. The van der Waals surface area contributed by atoms with E-state index in [1.165, 1.54) is 35.8 Å². The molecule has 1 aliphatic heterocycles. The molecule has 2 rings (SSSR count). The molecular weight excluding hydrogens is 609 g/mol. The number of piperidine rings is 1. The van der Waals surface area contributed by atoms with Crippen LogP contribution in [-0.2, 0) is 0 Å². The van der Waals surface area contributed by atoms with Crippen LogP contribution >= 0.6 is 58.2 Å². The average Bonchev–Trinajstić information content (AvgIpc) is 2.64. The smallest absolute Gasteiger partial charge is 0.286 e. The average molecular weight is 626 g/mol. The van der Waals surface area contributed by atoms with Crippen LogP contribution in [-0.4, -0.2) is 47.1 Å². The zero-order valence-corrected chi connectivity index (χ0v) is 19.8. The fraction of sp³-hybridized carbons (Fsp3) is 0.500. The van der Waals surface area contributed by atoms with E-state index in [1.54, 1.807) is 0 Å². The van der Waals surface area contributed by atoms with Crippen LogP contribution in [0.3, 0.4) is 0 Å². The first-order valence-corrected chi connectivity index (χ1v) is 15.9. The summed E-state index contributed by atoms with van der Waals surface area (Å²) < 4.78 is 10.3. The Morgan fingerprint density at radius 2 is 2.19 bits per heavy atom. The van der Waals surface area contributed by atoms with Crippen molar-refractivity contribution in [3.05, 3.63) is 27.8 Å². The molecule has 1 fully saturated rings. The molecule has 1 heterocycles. The number of ether oxygens (including phenoxy) is 1. The summed E-state index contributed by atoms with van der Waals surface area (Å²) in [5.41, 5.74) is -0.393. The van der Waals surface area contributed by atoms with E-state index >= 15 is 0 Å². The molecule has 1 atom stereocenters. The second-order valence-corrected chi connectivity index (χ2v) is 23.0. The van der Waals surface area contributed by atoms with E-state index in [-0.39, 0.29) is 35.4 Å². The van der Waals surface area contributed by atoms with Crippen molar-refractivity contribution in [3.8, 4) is 11.5 Å². The zero-order chi connectivity index (χ0) is 19.3. The molecule has 0 radical (unpaired) electrons. The first kappa shape index (κ1) is 22.2. The molecule has 0 aromatic heterocycles. The number of rotatable bonds is 7. The molecule has 144 valence electrons. The van der Waals surface area contributed by atoms with Gasteiger partial charge in [0.05, 0.1) is 30.7 Å². The highest BCUT2D eigenvalue weighted by molar-refractivity contribution is 14.3. The second-order valence-electron chi connectivity index (χ2n) is 5.47. The summed E-state index contributed by atoms with van der Waals surface area (Å²) in [6.07, 6.45) is 2.40. The van der Waals surface area contributed by atoms with Gasteiger partial charge in [0.1, 0.15) is 19.6 Å². The van der Waals surface area contributed by atoms with Crippen LogP contribution in [0.15, 0.2) is 12.1 Å². The van der Waals surface area contributed by atoms with Crippen molar-refractivity contribution in [1.29, 1.82) is 0 Å². The molecule has 1 aromatic carbocycles. The summed E-state index contributed by atoms with van der Waals surface area (Å²) in [4.78, 5) is 25.4. The summed E-state index contributed by atoms with van der Waals surface area (Å²) in [5, 5.41) is 21.1. The highest BCUT2D eigenvalue weighted by Gasteiger charge is 2.32. The predicted molar refractivity (Wildman–Crippen MR) is 119 cm³/mol. The maximum atomic E-state index is 12.9. The largest absolute Gasteiger partial charge is 0.493 e. The quantitative estimate of drug-likeness (QED) is 0.154. The van der Waals surface area contributed by atoms with Gasteiger partial charge in [-0.1, -0.05) is 0 Å². The molecule has 0 bridgehead atoms. The number of halogens is 2. The van der Waals surface area contributed by atoms with Crippen LogP contribution in [0.1, 0.15) is 29.6 Å². The highest BCUT2D eigenvalue weighted by atomic mass is 127. The molecule has 0 spiro atoms. The standard InChI is InChI=1S/C14H17I2N2O6PS/c1-23-12-6-10(14(20)17-5-3-2-4-9(17)8-19)11(18(21)22)7-13(12)24-26-25(15)16/h6-7,9,19H,2-5,8H2,1H3/t9-/m0/s1. The van der Waals surface area contributed by atoms with Crippen molar-refractivity contribution in [2.75, 3.05) is 20.3 Å². The van der Waals surface area contributed by atoms with E-state index in [9.17, 15) is 20.0 Å². The van der Waals surface area contributed by atoms with Crippen molar-refractivity contribution < 1.29 is 23.7 Å². The molecule has 1 aliphatic rings. The Morgan fingerprint density at radius 1 is 1.46 bits per heavy atom. The first-order valence-electron chi connectivity index (χ1n) is 7.63. The molecule has 12 heteroatoms. The van der Waals surface area contributed by atoms with E-state index in [1.807, 2.05) is 0 Å². The number of nitro groups is 1. The maximum absolute atomic E-state index is 12.9. The number of benzene rings is 1. The van der Waals surface area contributed by atoms with Crippen LogP contribution < -0.4 is 8.92 Å². The monoisotopic (exact) mass is 626 g/mol. The van der Waals surface area contributed by atoms with Crippen molar-refractivity contribution in [2.24, 2.45) is 0 Å². The van der Waals surface area contributed by atoms with Crippen LogP contribution in [0.5, 0.6) is 11.5 Å². The van der Waals surface area contributed by atoms with Crippen molar-refractivity contribution >= 4 is 69.7 Å². The lowest BCUT2D eigenvalue weighted by Gasteiger charge is -2.34. The number of nitrogens with zero attached hydrogens (tertiary/aromatic N) is 2. The first-order chi connectivity index (χ1) is 12.4. The van der Waals surface area contributed by atoms with Gasteiger partial charge in [0, 0.05) is 12.6 Å². The van der Waals surface area contributed by atoms with Gasteiger partial charge in [0.25, 0.3) is 11.6 Å². The topological polar surface area (TPSA) is 102 Å². The Morgan fingerprint density at radius 3 is 2.77 bits per heavy atom. The fourth-order valence-electron chi connectivity index (χ4n) is 2.78. The lowest BCUT2D eigenvalue weighted by molar-refractivity contribution is -0.385. The summed E-state index contributed by atoms with van der Waals surface area (Å²) in [6, 6.07) is 2.25. The number of carbonyl (C=O) groups is 1. The number of amides is 1. The molecule has 1 amide bonds. The zero-order valence-electron chi connectivity index (χ0n) is 13.8. The maximum Gasteiger partial charge on any atom is 0.286 e. The van der Waals surface area contributed by atoms with Gasteiger partial charge in [-0.05, 0) is 63.3 Å². The molecule has 0 unspecified atom stereocenters. The van der Waals surface area contributed by atoms with Gasteiger partial charge in [0.2, 0.25) is 0 Å². The van der Waals surface area contributed by atoms with Crippen LogP contribution in [0, 0.1) is 10.1 Å². The van der Waals surface area contributed by atoms with Gasteiger partial charge in [-0.25, -0.2) is 0 Å². The van der Waals surface area contributed by atoms with E-state index < -0.39 is 13.2 Å². The molecule has 8 nitrogen and oxygen atoms in total. The normalized spacial score (nSPS) is 17.3. The van der Waals surface area contributed by atoms with E-state index in [0.29, 0.717) is 13.0 Å². The van der Waals surface area contributed by atoms with E-state index in [0.717, 1.165) is 12.8 Å². The minimum Gasteiger partial charge on any atom is -0.493 e. The SMILES string of the molecule is COc1cc(C(=O)N2CCCC[C@H]2CO)c([N+](=O)[O-])cc1OSP(I)I. The van der Waals surface area contributed by atoms with E-state index in [2.05, 4.69) is 44.1 Å². The summed E-state index contributed by atoms with van der Waals surface area (Å²) in [6.45, 7) is 0.301. The second kappa shape index (κ2) is 10.4. The van der Waals surface area contributed by atoms with Gasteiger partial charge in [-0.2, -0.15) is 0 Å². The molecule has 26 heavy (non-hydrogen) atoms. The Labute approximate surface area is 182 Å². The third-order valence-corrected chi connectivity index (χ3v) is 7.81. The number of carbonyl (C=O) groups excluding carboxylic acids is 1. The van der Waals surface area contributed by atoms with Crippen LogP contribution in [0.2, 0.25) is 0 Å². The Bertz CT molecular complexity index is 681. The number of nitro benzene ring substituents is 1. The molecular formula is C14H17I2N2O6PS. The van der Waals surface area contributed by atoms with Crippen LogP contribution in [0.4, 0.5) is 5.69 Å². The number of hydrogen-bond donors (Lipinski definition) is 1. The Kier molecular flexibility index (Phi) is 8.91. The highest BCUT2D eigenvalue weighted by Crippen LogP contribution is 2.65. The summed E-state index contributed by atoms with van der Waals surface area (Å²) in [7, 11) is 1.42. The van der Waals surface area contributed by atoms with Gasteiger partial charge in [-0.3, -0.25) is 14.9 Å². The third kappa shape index (κ3) is 5.46. The van der Waals surface area contributed by atoms with Gasteiger partial charge < -0.3 is 18.9 Å². The lowest BCUT2D eigenvalue weighted by atomic mass is 10.0. The Hall–Kier alpha value is -0.110. The number of methoxy groups -OCH3 is 1. The number of hydrogen-bond acceptors (Lipinski definition) is 7. The predicted octanol–water partition coefficient (Wildman–Crippen LogP) is 4.71. The van der Waals surface area contributed by atoms with Gasteiger partial charge >= 0.3 is 0 Å². The minimum absolute atomic E-state index is 0.0595. The third-order valence-electron chi connectivity index (χ3n) is 3.99. The van der Waals surface area contributed by atoms with E-state index in [4.69, 9.17) is 8.92 Å². The van der Waals surface area contributed by atoms with Gasteiger partial charge in [0.15, 0.2) is 11.5 Å². The fourth-order valence-corrected chi connectivity index (χ4v) is 4.90. The summed E-state index contributed by atoms with van der Waals surface area (Å²) >= 11 is 5.58. The van der Waals surface area contributed by atoms with Crippen molar-refractivity contribution in [3.63, 3.8) is 0 Å². The van der Waals surface area contributed by atoms with Crippen molar-refractivity contribution in [2.45, 2.75) is 25.3 Å². The Balaban J connectivity index is 2.42. The molecule has 0 aliphatic carbocycles. The summed E-state index contributed by atoms with van der Waals surface area (Å²) in [5.74, 6) is -0.00872. The number of aliphatic hydroxyl groups is 1. The lowest BCUT2D eigenvalue weighted by Crippen LogP contribution is -2.45. The molecule has 1 N–H and O–H groups in total. The minimum atomic E-state index is -0.598. The molecule has 1 aromatic rings. The molecule has 0 saturated carbocycles.